The van der Waals surface area contributed by atoms with Gasteiger partial charge < -0.3 is 10.3 Å². The second kappa shape index (κ2) is 4.41. The minimum atomic E-state index is 0.457. The van der Waals surface area contributed by atoms with E-state index in [-0.39, 0.29) is 0 Å². The maximum atomic E-state index is 5.06. The summed E-state index contributed by atoms with van der Waals surface area (Å²) in [6, 6.07) is 0.457. The highest BCUT2D eigenvalue weighted by atomic mass is 32.1. The van der Waals surface area contributed by atoms with E-state index >= 15 is 0 Å². The Morgan fingerprint density at radius 3 is 2.73 bits per heavy atom. The predicted octanol–water partition coefficient (Wildman–Crippen LogP) is 2.57. The Morgan fingerprint density at radius 1 is 1.33 bits per heavy atom. The highest BCUT2D eigenvalue weighted by molar-refractivity contribution is 7.71. The molecule has 4 heteroatoms. The largest absolute Gasteiger partial charge is 0.334 e. The van der Waals surface area contributed by atoms with E-state index in [1.54, 1.807) is 0 Å². The Balaban J connectivity index is 2.38. The van der Waals surface area contributed by atoms with Crippen LogP contribution in [0.4, 0.5) is 0 Å². The molecule has 0 aliphatic carbocycles. The minimum absolute atomic E-state index is 0.457. The highest BCUT2D eigenvalue weighted by Gasteiger charge is 2.19. The van der Waals surface area contributed by atoms with Crippen LogP contribution in [-0.2, 0) is 0 Å². The van der Waals surface area contributed by atoms with Crippen LogP contribution in [0.25, 0.3) is 0 Å². The number of aryl methyl sites for hydroxylation is 2. The molecule has 0 saturated carbocycles. The summed E-state index contributed by atoms with van der Waals surface area (Å²) in [6.07, 6.45) is 3.78. The highest BCUT2D eigenvalue weighted by Crippen LogP contribution is 2.26. The molecular weight excluding hydrogens is 206 g/mol. The fraction of sp³-hybridized carbons (Fsp3) is 0.636. The van der Waals surface area contributed by atoms with Crippen LogP contribution in [0.3, 0.4) is 0 Å². The topological polar surface area (TPSA) is 40.7 Å². The molecule has 3 nitrogen and oxygen atoms in total. The van der Waals surface area contributed by atoms with Crippen molar-refractivity contribution >= 4 is 12.2 Å². The molecule has 2 heterocycles. The first-order chi connectivity index (χ1) is 7.18. The molecule has 1 aliphatic heterocycles. The van der Waals surface area contributed by atoms with Gasteiger partial charge in [0.05, 0.1) is 0 Å². The van der Waals surface area contributed by atoms with E-state index in [2.05, 4.69) is 22.2 Å². The van der Waals surface area contributed by atoms with Gasteiger partial charge in [-0.3, -0.25) is 0 Å². The van der Waals surface area contributed by atoms with Crippen molar-refractivity contribution in [1.82, 2.24) is 15.3 Å². The van der Waals surface area contributed by atoms with Crippen molar-refractivity contribution in [1.29, 1.82) is 0 Å². The first-order valence-corrected chi connectivity index (χ1v) is 5.90. The van der Waals surface area contributed by atoms with Crippen LogP contribution in [0.2, 0.25) is 0 Å². The summed E-state index contributed by atoms with van der Waals surface area (Å²) in [5.74, 6) is 0. The SMILES string of the molecule is Cc1nc(=S)[nH]c(C)c1C1CCCCN1. The fourth-order valence-corrected chi connectivity index (χ4v) is 2.64. The fourth-order valence-electron chi connectivity index (χ4n) is 2.35. The molecule has 1 aromatic heterocycles. The lowest BCUT2D eigenvalue weighted by atomic mass is 9.95. The van der Waals surface area contributed by atoms with Crippen molar-refractivity contribution in [2.45, 2.75) is 39.2 Å². The molecule has 2 rings (SSSR count). The summed E-state index contributed by atoms with van der Waals surface area (Å²) in [5, 5.41) is 3.54. The number of aromatic nitrogens is 2. The zero-order chi connectivity index (χ0) is 10.8. The third-order valence-electron chi connectivity index (χ3n) is 3.02. The number of hydrogen-bond acceptors (Lipinski definition) is 3. The lowest BCUT2D eigenvalue weighted by molar-refractivity contribution is 0.407. The standard InChI is InChI=1S/C11H17N3S/c1-7-10(8(2)14-11(15)13-7)9-5-3-4-6-12-9/h9,12H,3-6H2,1-2H3,(H,13,14,15). The molecule has 82 valence electrons. The van der Waals surface area contributed by atoms with E-state index in [0.29, 0.717) is 10.8 Å². The van der Waals surface area contributed by atoms with Gasteiger partial charge in [-0.15, -0.1) is 0 Å². The third-order valence-corrected chi connectivity index (χ3v) is 3.21. The molecule has 0 bridgehead atoms. The maximum absolute atomic E-state index is 5.06. The van der Waals surface area contributed by atoms with E-state index in [9.17, 15) is 0 Å². The Bertz CT molecular complexity index is 379. The van der Waals surface area contributed by atoms with Crippen molar-refractivity contribution in [2.24, 2.45) is 0 Å². The summed E-state index contributed by atoms with van der Waals surface area (Å²) < 4.78 is 0.588. The van der Waals surface area contributed by atoms with Crippen LogP contribution < -0.4 is 5.32 Å². The monoisotopic (exact) mass is 223 g/mol. The van der Waals surface area contributed by atoms with E-state index in [1.807, 2.05) is 6.92 Å². The smallest absolute Gasteiger partial charge is 0.197 e. The molecule has 15 heavy (non-hydrogen) atoms. The lowest BCUT2D eigenvalue weighted by Crippen LogP contribution is -2.28. The van der Waals surface area contributed by atoms with E-state index in [0.717, 1.165) is 17.9 Å². The van der Waals surface area contributed by atoms with Gasteiger partial charge in [0.25, 0.3) is 0 Å². The number of H-pyrrole nitrogens is 1. The van der Waals surface area contributed by atoms with Gasteiger partial charge in [0, 0.05) is 23.0 Å². The molecule has 1 aliphatic rings. The van der Waals surface area contributed by atoms with Crippen molar-refractivity contribution in [2.75, 3.05) is 6.54 Å². The Morgan fingerprint density at radius 2 is 2.13 bits per heavy atom. The minimum Gasteiger partial charge on any atom is -0.334 e. The van der Waals surface area contributed by atoms with Crippen LogP contribution in [0, 0.1) is 18.6 Å². The van der Waals surface area contributed by atoms with Crippen LogP contribution in [-0.4, -0.2) is 16.5 Å². The number of rotatable bonds is 1. The first-order valence-electron chi connectivity index (χ1n) is 5.49. The Labute approximate surface area is 95.3 Å². The van der Waals surface area contributed by atoms with Crippen molar-refractivity contribution in [3.05, 3.63) is 21.7 Å². The Hall–Kier alpha value is -0.740. The van der Waals surface area contributed by atoms with Gasteiger partial charge >= 0.3 is 0 Å². The summed E-state index contributed by atoms with van der Waals surface area (Å²) in [5.41, 5.74) is 3.53. The molecule has 1 saturated heterocycles. The van der Waals surface area contributed by atoms with Crippen molar-refractivity contribution in [3.8, 4) is 0 Å². The number of nitrogens with one attached hydrogen (secondary N) is 2. The molecule has 0 aromatic carbocycles. The van der Waals surface area contributed by atoms with Crippen LogP contribution in [0.5, 0.6) is 0 Å². The quantitative estimate of drug-likeness (QED) is 0.719. The molecule has 2 N–H and O–H groups in total. The third kappa shape index (κ3) is 2.26. The first kappa shape index (κ1) is 10.8. The zero-order valence-corrected chi connectivity index (χ0v) is 10.1. The average Bonchev–Trinajstić information content (AvgIpc) is 2.17. The number of piperidine rings is 1. The molecule has 1 unspecified atom stereocenters. The van der Waals surface area contributed by atoms with Crippen molar-refractivity contribution < 1.29 is 0 Å². The van der Waals surface area contributed by atoms with Gasteiger partial charge in [-0.05, 0) is 45.5 Å². The van der Waals surface area contributed by atoms with Gasteiger partial charge in [0.2, 0.25) is 0 Å². The van der Waals surface area contributed by atoms with E-state index in [4.69, 9.17) is 12.2 Å². The van der Waals surface area contributed by atoms with Gasteiger partial charge in [-0.25, -0.2) is 4.98 Å². The lowest BCUT2D eigenvalue weighted by Gasteiger charge is -2.26. The van der Waals surface area contributed by atoms with Crippen LogP contribution >= 0.6 is 12.2 Å². The summed E-state index contributed by atoms with van der Waals surface area (Å²) in [6.45, 7) is 5.23. The molecule has 1 fully saturated rings. The average molecular weight is 223 g/mol. The van der Waals surface area contributed by atoms with Crippen LogP contribution in [0.1, 0.15) is 42.3 Å². The van der Waals surface area contributed by atoms with E-state index < -0.39 is 0 Å². The zero-order valence-electron chi connectivity index (χ0n) is 9.26. The Kier molecular flexibility index (Phi) is 3.17. The number of nitrogens with zero attached hydrogens (tertiary/aromatic N) is 1. The van der Waals surface area contributed by atoms with Gasteiger partial charge in [0.15, 0.2) is 4.77 Å². The normalized spacial score (nSPS) is 21.6. The molecule has 0 spiro atoms. The maximum Gasteiger partial charge on any atom is 0.197 e. The molecular formula is C11H17N3S. The van der Waals surface area contributed by atoms with Gasteiger partial charge in [-0.2, -0.15) is 0 Å². The summed E-state index contributed by atoms with van der Waals surface area (Å²) in [7, 11) is 0. The molecule has 1 atom stereocenters. The second-order valence-corrected chi connectivity index (χ2v) is 4.56. The number of aromatic amines is 1. The van der Waals surface area contributed by atoms with Crippen LogP contribution in [0.15, 0.2) is 0 Å². The van der Waals surface area contributed by atoms with Gasteiger partial charge in [0.1, 0.15) is 0 Å². The summed E-state index contributed by atoms with van der Waals surface area (Å²) >= 11 is 5.06. The second-order valence-electron chi connectivity index (χ2n) is 4.17. The summed E-state index contributed by atoms with van der Waals surface area (Å²) in [4.78, 5) is 7.47. The molecule has 0 radical (unpaired) electrons. The van der Waals surface area contributed by atoms with E-state index in [1.165, 1.54) is 24.8 Å². The van der Waals surface area contributed by atoms with Gasteiger partial charge in [-0.1, -0.05) is 6.42 Å². The number of hydrogen-bond donors (Lipinski definition) is 2. The predicted molar refractivity (Wildman–Crippen MR) is 63.5 cm³/mol. The molecule has 1 aromatic rings. The van der Waals surface area contributed by atoms with Crippen molar-refractivity contribution in [3.63, 3.8) is 0 Å². The molecule has 0 amide bonds.